The van der Waals surface area contributed by atoms with Crippen LogP contribution < -0.4 is 4.74 Å². The van der Waals surface area contributed by atoms with Gasteiger partial charge in [0.15, 0.2) is 0 Å². The first-order valence-corrected chi connectivity index (χ1v) is 6.05. The van der Waals surface area contributed by atoms with Crippen LogP contribution >= 0.6 is 0 Å². The molecule has 3 rings (SSSR count). The number of hydrogen-bond donors (Lipinski definition) is 0. The number of benzene rings is 2. The molecule has 0 atom stereocenters. The molecule has 0 aliphatic rings. The fourth-order valence-corrected chi connectivity index (χ4v) is 1.86. The Hall–Kier alpha value is -2.75. The van der Waals surface area contributed by atoms with Crippen LogP contribution in [-0.4, -0.2) is 11.0 Å². The molecule has 1 heterocycles. The van der Waals surface area contributed by atoms with E-state index in [2.05, 4.69) is 4.98 Å². The van der Waals surface area contributed by atoms with E-state index in [0.29, 0.717) is 11.3 Å². The Morgan fingerprint density at radius 3 is 2.60 bits per heavy atom. The number of para-hydroxylation sites is 1. The van der Waals surface area contributed by atoms with Gasteiger partial charge in [0.05, 0.1) is 17.3 Å². The Morgan fingerprint density at radius 1 is 1.05 bits per heavy atom. The fraction of sp³-hybridized carbons (Fsp3) is 0. The molecule has 0 fully saturated rings. The highest BCUT2D eigenvalue weighted by atomic mass is 19.1. The maximum Gasteiger partial charge on any atom is 0.343 e. The van der Waals surface area contributed by atoms with Crippen molar-refractivity contribution < 1.29 is 13.9 Å². The van der Waals surface area contributed by atoms with E-state index in [-0.39, 0.29) is 0 Å². The third-order valence-corrected chi connectivity index (χ3v) is 2.86. The summed E-state index contributed by atoms with van der Waals surface area (Å²) >= 11 is 0. The molecular formula is C16H10FNO2. The third-order valence-electron chi connectivity index (χ3n) is 2.86. The predicted molar refractivity (Wildman–Crippen MR) is 73.1 cm³/mol. The monoisotopic (exact) mass is 267 g/mol. The molecule has 0 unspecified atom stereocenters. The second-order valence-electron chi connectivity index (χ2n) is 4.26. The number of carbonyl (C=O) groups excluding carboxylic acids is 1. The van der Waals surface area contributed by atoms with E-state index in [0.717, 1.165) is 10.9 Å². The molecule has 3 nitrogen and oxygen atoms in total. The lowest BCUT2D eigenvalue weighted by Gasteiger charge is -2.05. The zero-order chi connectivity index (χ0) is 13.9. The van der Waals surface area contributed by atoms with Gasteiger partial charge in [0.1, 0.15) is 11.6 Å². The van der Waals surface area contributed by atoms with Crippen LogP contribution in [0, 0.1) is 5.82 Å². The normalized spacial score (nSPS) is 10.4. The van der Waals surface area contributed by atoms with Crippen LogP contribution in [0.25, 0.3) is 10.9 Å². The molecule has 0 N–H and O–H groups in total. The Labute approximate surface area is 114 Å². The minimum Gasteiger partial charge on any atom is -0.421 e. The zero-order valence-electron chi connectivity index (χ0n) is 10.4. The summed E-state index contributed by atoms with van der Waals surface area (Å²) in [6, 6.07) is 14.5. The van der Waals surface area contributed by atoms with E-state index >= 15 is 0 Å². The van der Waals surface area contributed by atoms with Gasteiger partial charge in [-0.25, -0.2) is 9.18 Å². The Kier molecular flexibility index (Phi) is 3.13. The maximum atomic E-state index is 12.8. The van der Waals surface area contributed by atoms with Crippen molar-refractivity contribution in [3.63, 3.8) is 0 Å². The molecule has 0 radical (unpaired) electrons. The third kappa shape index (κ3) is 2.49. The number of carbonyl (C=O) groups is 1. The topological polar surface area (TPSA) is 39.2 Å². The molecule has 0 saturated heterocycles. The van der Waals surface area contributed by atoms with Crippen molar-refractivity contribution in [3.05, 3.63) is 72.2 Å². The maximum absolute atomic E-state index is 12.8. The summed E-state index contributed by atoms with van der Waals surface area (Å²) in [7, 11) is 0. The Bertz CT molecular complexity index is 769. The van der Waals surface area contributed by atoms with Crippen molar-refractivity contribution in [1.82, 2.24) is 4.98 Å². The highest BCUT2D eigenvalue weighted by Crippen LogP contribution is 2.19. The number of ether oxygens (including phenoxy) is 1. The molecule has 20 heavy (non-hydrogen) atoms. The van der Waals surface area contributed by atoms with E-state index in [1.54, 1.807) is 6.07 Å². The standard InChI is InChI=1S/C16H10FNO2/c17-13-7-5-11(6-8-13)16(19)20-14-9-12-3-1-2-4-15(12)18-10-14/h1-10H. The van der Waals surface area contributed by atoms with Crippen molar-refractivity contribution in [2.24, 2.45) is 0 Å². The predicted octanol–water partition coefficient (Wildman–Crippen LogP) is 3.59. The van der Waals surface area contributed by atoms with Gasteiger partial charge in [-0.15, -0.1) is 0 Å². The Morgan fingerprint density at radius 2 is 1.80 bits per heavy atom. The van der Waals surface area contributed by atoms with Crippen LogP contribution in [0.5, 0.6) is 5.75 Å². The quantitative estimate of drug-likeness (QED) is 0.666. The van der Waals surface area contributed by atoms with Crippen molar-refractivity contribution >= 4 is 16.9 Å². The largest absolute Gasteiger partial charge is 0.421 e. The van der Waals surface area contributed by atoms with Crippen molar-refractivity contribution in [2.45, 2.75) is 0 Å². The summed E-state index contributed by atoms with van der Waals surface area (Å²) in [6.45, 7) is 0. The van der Waals surface area contributed by atoms with Crippen LogP contribution in [0.3, 0.4) is 0 Å². The second-order valence-corrected chi connectivity index (χ2v) is 4.26. The van der Waals surface area contributed by atoms with Gasteiger partial charge in [-0.2, -0.15) is 0 Å². The summed E-state index contributed by atoms with van der Waals surface area (Å²) in [6.07, 6.45) is 1.49. The van der Waals surface area contributed by atoms with Crippen molar-refractivity contribution in [3.8, 4) is 5.75 Å². The van der Waals surface area contributed by atoms with Crippen molar-refractivity contribution in [1.29, 1.82) is 0 Å². The molecule has 0 spiro atoms. The molecule has 4 heteroatoms. The number of aromatic nitrogens is 1. The number of fused-ring (bicyclic) bond motifs is 1. The molecule has 0 aliphatic carbocycles. The van der Waals surface area contributed by atoms with Crippen LogP contribution in [0.1, 0.15) is 10.4 Å². The fourth-order valence-electron chi connectivity index (χ4n) is 1.86. The first kappa shape index (κ1) is 12.3. The minimum atomic E-state index is -0.540. The molecule has 0 bridgehead atoms. The average molecular weight is 267 g/mol. The second kappa shape index (κ2) is 5.09. The van der Waals surface area contributed by atoms with E-state index in [1.165, 1.54) is 30.5 Å². The lowest BCUT2D eigenvalue weighted by Crippen LogP contribution is -2.08. The van der Waals surface area contributed by atoms with Gasteiger partial charge in [0.2, 0.25) is 0 Å². The van der Waals surface area contributed by atoms with Crippen LogP contribution in [0.4, 0.5) is 4.39 Å². The zero-order valence-corrected chi connectivity index (χ0v) is 10.4. The van der Waals surface area contributed by atoms with E-state index < -0.39 is 11.8 Å². The van der Waals surface area contributed by atoms with Gasteiger partial charge >= 0.3 is 5.97 Å². The van der Waals surface area contributed by atoms with Gasteiger partial charge in [-0.3, -0.25) is 4.98 Å². The van der Waals surface area contributed by atoms with Crippen LogP contribution in [0.2, 0.25) is 0 Å². The van der Waals surface area contributed by atoms with Gasteiger partial charge < -0.3 is 4.74 Å². The highest BCUT2D eigenvalue weighted by molar-refractivity contribution is 5.91. The lowest BCUT2D eigenvalue weighted by atomic mass is 10.2. The molecule has 98 valence electrons. The number of esters is 1. The lowest BCUT2D eigenvalue weighted by molar-refractivity contribution is 0.0734. The summed E-state index contributed by atoms with van der Waals surface area (Å²) in [4.78, 5) is 16.1. The van der Waals surface area contributed by atoms with Crippen LogP contribution in [0.15, 0.2) is 60.8 Å². The molecule has 0 amide bonds. The number of nitrogens with zero attached hydrogens (tertiary/aromatic N) is 1. The van der Waals surface area contributed by atoms with Gasteiger partial charge in [-0.05, 0) is 36.4 Å². The van der Waals surface area contributed by atoms with Gasteiger partial charge in [-0.1, -0.05) is 18.2 Å². The Balaban J connectivity index is 1.85. The first-order chi connectivity index (χ1) is 9.72. The van der Waals surface area contributed by atoms with Crippen molar-refractivity contribution in [2.75, 3.05) is 0 Å². The highest BCUT2D eigenvalue weighted by Gasteiger charge is 2.09. The SMILES string of the molecule is O=C(Oc1cnc2ccccc2c1)c1ccc(F)cc1. The summed E-state index contributed by atoms with van der Waals surface area (Å²) in [5, 5.41) is 0.886. The van der Waals surface area contributed by atoms with E-state index in [9.17, 15) is 9.18 Å². The molecule has 3 aromatic rings. The summed E-state index contributed by atoms with van der Waals surface area (Å²) < 4.78 is 18.0. The molecular weight excluding hydrogens is 257 g/mol. The van der Waals surface area contributed by atoms with E-state index in [1.807, 2.05) is 24.3 Å². The van der Waals surface area contributed by atoms with Crippen LogP contribution in [-0.2, 0) is 0 Å². The smallest absolute Gasteiger partial charge is 0.343 e. The minimum absolute atomic E-state index is 0.291. The average Bonchev–Trinajstić information content (AvgIpc) is 2.48. The van der Waals surface area contributed by atoms with E-state index in [4.69, 9.17) is 4.74 Å². The molecule has 2 aromatic carbocycles. The number of hydrogen-bond acceptors (Lipinski definition) is 3. The summed E-state index contributed by atoms with van der Waals surface area (Å²) in [5.41, 5.74) is 1.12. The molecule has 0 saturated carbocycles. The first-order valence-electron chi connectivity index (χ1n) is 6.05. The summed E-state index contributed by atoms with van der Waals surface area (Å²) in [5.74, 6) is -0.575. The number of pyridine rings is 1. The van der Waals surface area contributed by atoms with Gasteiger partial charge in [0.25, 0.3) is 0 Å². The number of halogens is 1. The molecule has 0 aliphatic heterocycles. The molecule has 1 aromatic heterocycles. The number of rotatable bonds is 2. The van der Waals surface area contributed by atoms with Gasteiger partial charge in [0, 0.05) is 5.39 Å².